The van der Waals surface area contributed by atoms with Gasteiger partial charge in [-0.25, -0.2) is 0 Å². The Morgan fingerprint density at radius 1 is 1.21 bits per heavy atom. The highest BCUT2D eigenvalue weighted by atomic mass is 35.5. The van der Waals surface area contributed by atoms with Gasteiger partial charge < -0.3 is 5.32 Å². The van der Waals surface area contributed by atoms with Crippen molar-refractivity contribution in [2.75, 3.05) is 12.4 Å². The number of halogens is 1. The van der Waals surface area contributed by atoms with Crippen LogP contribution in [0.25, 0.3) is 0 Å². The summed E-state index contributed by atoms with van der Waals surface area (Å²) in [4.78, 5) is 0. The Balaban J connectivity index is 3.72. The van der Waals surface area contributed by atoms with Gasteiger partial charge in [-0.2, -0.15) is 0 Å². The molecule has 0 fully saturated rings. The van der Waals surface area contributed by atoms with Crippen molar-refractivity contribution < 1.29 is 0 Å². The maximum Gasteiger partial charge on any atom is 0.0223 e. The zero-order chi connectivity index (χ0) is 11.0. The van der Waals surface area contributed by atoms with E-state index >= 15 is 0 Å². The van der Waals surface area contributed by atoms with Gasteiger partial charge in [0.05, 0.1) is 0 Å². The zero-order valence-electron chi connectivity index (χ0n) is 10.2. The van der Waals surface area contributed by atoms with Gasteiger partial charge in [-0.3, -0.25) is 0 Å². The first-order valence-electron chi connectivity index (χ1n) is 5.85. The lowest BCUT2D eigenvalue weighted by Crippen LogP contribution is -2.36. The van der Waals surface area contributed by atoms with Gasteiger partial charge in [-0.15, -0.1) is 11.6 Å². The highest BCUT2D eigenvalue weighted by Gasteiger charge is 2.17. The van der Waals surface area contributed by atoms with Crippen molar-refractivity contribution in [1.29, 1.82) is 0 Å². The monoisotopic (exact) mass is 219 g/mol. The Kier molecular flexibility index (Phi) is 7.66. The molecule has 0 aromatic rings. The first kappa shape index (κ1) is 14.2. The van der Waals surface area contributed by atoms with Gasteiger partial charge in [-0.05, 0) is 31.1 Å². The predicted octanol–water partition coefficient (Wildman–Crippen LogP) is 3.81. The molecule has 0 unspecified atom stereocenters. The van der Waals surface area contributed by atoms with Gasteiger partial charge in [0.2, 0.25) is 0 Å². The second-order valence-electron chi connectivity index (χ2n) is 4.85. The van der Waals surface area contributed by atoms with Gasteiger partial charge in [0.1, 0.15) is 0 Å². The second-order valence-corrected chi connectivity index (χ2v) is 5.23. The fourth-order valence-electron chi connectivity index (χ4n) is 1.63. The summed E-state index contributed by atoms with van der Waals surface area (Å²) in [7, 11) is 0. The van der Waals surface area contributed by atoms with Crippen LogP contribution in [0.4, 0.5) is 0 Å². The van der Waals surface area contributed by atoms with Crippen LogP contribution in [0.1, 0.15) is 53.4 Å². The van der Waals surface area contributed by atoms with Crippen LogP contribution in [0, 0.1) is 5.41 Å². The van der Waals surface area contributed by atoms with E-state index in [1.807, 2.05) is 0 Å². The average molecular weight is 220 g/mol. The number of rotatable bonds is 8. The molecule has 1 N–H and O–H groups in total. The molecule has 0 saturated heterocycles. The smallest absolute Gasteiger partial charge is 0.0223 e. The molecule has 0 aliphatic heterocycles. The molecule has 0 heterocycles. The van der Waals surface area contributed by atoms with E-state index in [1.165, 1.54) is 19.3 Å². The molecule has 0 aliphatic carbocycles. The van der Waals surface area contributed by atoms with E-state index in [4.69, 9.17) is 11.6 Å². The van der Waals surface area contributed by atoms with Crippen LogP contribution in [0.3, 0.4) is 0 Å². The molecule has 0 amide bonds. The van der Waals surface area contributed by atoms with Crippen molar-refractivity contribution in [1.82, 2.24) is 5.32 Å². The highest BCUT2D eigenvalue weighted by molar-refractivity contribution is 6.17. The molecule has 1 nitrogen and oxygen atoms in total. The first-order valence-corrected chi connectivity index (χ1v) is 6.38. The minimum atomic E-state index is 0.386. The van der Waals surface area contributed by atoms with Crippen molar-refractivity contribution >= 4 is 11.6 Å². The van der Waals surface area contributed by atoms with Crippen LogP contribution in [-0.4, -0.2) is 18.5 Å². The van der Waals surface area contributed by atoms with Crippen LogP contribution in [0.2, 0.25) is 0 Å². The number of hydrogen-bond acceptors (Lipinski definition) is 1. The molecule has 14 heavy (non-hydrogen) atoms. The highest BCUT2D eigenvalue weighted by Crippen LogP contribution is 2.21. The SMILES string of the molecule is CCC(CC)NCC(C)(C)CCCCl. The topological polar surface area (TPSA) is 12.0 Å². The van der Waals surface area contributed by atoms with E-state index in [2.05, 4.69) is 33.0 Å². The summed E-state index contributed by atoms with van der Waals surface area (Å²) >= 11 is 5.70. The molecule has 0 rings (SSSR count). The Morgan fingerprint density at radius 2 is 1.79 bits per heavy atom. The number of nitrogens with one attached hydrogen (secondary N) is 1. The van der Waals surface area contributed by atoms with E-state index in [0.29, 0.717) is 11.5 Å². The maximum absolute atomic E-state index is 5.70. The molecule has 0 aromatic heterocycles. The normalized spacial score (nSPS) is 12.4. The summed E-state index contributed by atoms with van der Waals surface area (Å²) in [5.41, 5.74) is 0.386. The van der Waals surface area contributed by atoms with Crippen LogP contribution in [0.15, 0.2) is 0 Å². The Labute approximate surface area is 94.6 Å². The quantitative estimate of drug-likeness (QED) is 0.613. The first-order chi connectivity index (χ1) is 6.55. The molecular weight excluding hydrogens is 194 g/mol. The van der Waals surface area contributed by atoms with Gasteiger partial charge in [0, 0.05) is 18.5 Å². The summed E-state index contributed by atoms with van der Waals surface area (Å²) in [6, 6.07) is 0.685. The third-order valence-electron chi connectivity index (χ3n) is 2.84. The van der Waals surface area contributed by atoms with E-state index < -0.39 is 0 Å². The summed E-state index contributed by atoms with van der Waals surface area (Å²) < 4.78 is 0. The molecule has 0 atom stereocenters. The van der Waals surface area contributed by atoms with E-state index in [9.17, 15) is 0 Å². The minimum absolute atomic E-state index is 0.386. The van der Waals surface area contributed by atoms with Crippen molar-refractivity contribution in [2.45, 2.75) is 59.4 Å². The Bertz CT molecular complexity index is 130. The summed E-state index contributed by atoms with van der Waals surface area (Å²) in [5, 5.41) is 3.63. The van der Waals surface area contributed by atoms with Crippen LogP contribution < -0.4 is 5.32 Å². The largest absolute Gasteiger partial charge is 0.313 e. The standard InChI is InChI=1S/C12H26ClN/c1-5-11(6-2)14-10-12(3,4)8-7-9-13/h11,14H,5-10H2,1-4H3. The van der Waals surface area contributed by atoms with Crippen molar-refractivity contribution in [2.24, 2.45) is 5.41 Å². The van der Waals surface area contributed by atoms with Gasteiger partial charge >= 0.3 is 0 Å². The molecule has 0 aromatic carbocycles. The molecule has 0 saturated carbocycles. The van der Waals surface area contributed by atoms with Crippen LogP contribution in [0.5, 0.6) is 0 Å². The lowest BCUT2D eigenvalue weighted by molar-refractivity contribution is 0.290. The van der Waals surface area contributed by atoms with Crippen molar-refractivity contribution in [3.63, 3.8) is 0 Å². The fourth-order valence-corrected chi connectivity index (χ4v) is 1.77. The fraction of sp³-hybridized carbons (Fsp3) is 1.00. The van der Waals surface area contributed by atoms with E-state index in [-0.39, 0.29) is 0 Å². The molecule has 2 heteroatoms. The van der Waals surface area contributed by atoms with E-state index in [0.717, 1.165) is 18.8 Å². The average Bonchev–Trinajstić information content (AvgIpc) is 2.16. The van der Waals surface area contributed by atoms with Crippen molar-refractivity contribution in [3.8, 4) is 0 Å². The predicted molar refractivity (Wildman–Crippen MR) is 66.1 cm³/mol. The minimum Gasteiger partial charge on any atom is -0.313 e. The van der Waals surface area contributed by atoms with Crippen LogP contribution >= 0.6 is 11.6 Å². The zero-order valence-corrected chi connectivity index (χ0v) is 11.0. The Hall–Kier alpha value is 0.250. The molecule has 0 spiro atoms. The van der Waals surface area contributed by atoms with E-state index in [1.54, 1.807) is 0 Å². The summed E-state index contributed by atoms with van der Waals surface area (Å²) in [6.45, 7) is 10.2. The summed E-state index contributed by atoms with van der Waals surface area (Å²) in [6.07, 6.45) is 4.78. The maximum atomic E-state index is 5.70. The second kappa shape index (κ2) is 7.53. The van der Waals surface area contributed by atoms with Crippen LogP contribution in [-0.2, 0) is 0 Å². The van der Waals surface area contributed by atoms with Gasteiger partial charge in [0.25, 0.3) is 0 Å². The lowest BCUT2D eigenvalue weighted by Gasteiger charge is -2.27. The number of alkyl halides is 1. The van der Waals surface area contributed by atoms with Gasteiger partial charge in [-0.1, -0.05) is 27.7 Å². The van der Waals surface area contributed by atoms with Gasteiger partial charge in [0.15, 0.2) is 0 Å². The molecular formula is C12H26ClN. The molecule has 86 valence electrons. The molecule has 0 radical (unpaired) electrons. The third-order valence-corrected chi connectivity index (χ3v) is 3.11. The third kappa shape index (κ3) is 6.67. The lowest BCUT2D eigenvalue weighted by atomic mass is 9.87. The molecule has 0 aliphatic rings. The summed E-state index contributed by atoms with van der Waals surface area (Å²) in [5.74, 6) is 0.786. The number of hydrogen-bond donors (Lipinski definition) is 1. The van der Waals surface area contributed by atoms with Crippen molar-refractivity contribution in [3.05, 3.63) is 0 Å². The Morgan fingerprint density at radius 3 is 2.21 bits per heavy atom. The molecule has 0 bridgehead atoms.